The van der Waals surface area contributed by atoms with Gasteiger partial charge in [0.15, 0.2) is 0 Å². The van der Waals surface area contributed by atoms with Crippen LogP contribution in [0.4, 0.5) is 4.79 Å². The number of Topliss-reactive ketones (excluding diaryl/α,β-unsaturated/α-hetero) is 1. The number of carbonyl (C=O) groups excluding carboxylic acids is 1. The second-order valence-corrected chi connectivity index (χ2v) is 3.62. The van der Waals surface area contributed by atoms with Gasteiger partial charge in [-0.25, -0.2) is 4.79 Å². The lowest BCUT2D eigenvalue weighted by Gasteiger charge is -2.07. The summed E-state index contributed by atoms with van der Waals surface area (Å²) in [5, 5.41) is 19.2. The summed E-state index contributed by atoms with van der Waals surface area (Å²) in [6.45, 7) is 1.84. The Balaban J connectivity index is 3.53. The van der Waals surface area contributed by atoms with Crippen molar-refractivity contribution in [3.63, 3.8) is 0 Å². The zero-order valence-electron chi connectivity index (χ0n) is 9.53. The number of hydrogen-bond acceptors (Lipinski definition) is 3. The van der Waals surface area contributed by atoms with Crippen molar-refractivity contribution in [1.82, 2.24) is 5.32 Å². The van der Waals surface area contributed by atoms with Crippen LogP contribution >= 0.6 is 0 Å². The molecular weight excluding hydrogens is 208 g/mol. The maximum Gasteiger partial charge on any atom is 0.405 e. The summed E-state index contributed by atoms with van der Waals surface area (Å²) in [4.78, 5) is 21.2. The molecule has 0 aromatic rings. The Morgan fingerprint density at radius 1 is 1.38 bits per heavy atom. The minimum absolute atomic E-state index is 0.250. The summed E-state index contributed by atoms with van der Waals surface area (Å²) in [5.74, 6) is 0.250. The summed E-state index contributed by atoms with van der Waals surface area (Å²) in [7, 11) is 0. The zero-order chi connectivity index (χ0) is 12.4. The quantitative estimate of drug-likeness (QED) is 0.620. The van der Waals surface area contributed by atoms with Crippen LogP contribution in [0.25, 0.3) is 0 Å². The number of unbranched alkanes of at least 4 members (excludes halogenated alkanes) is 2. The summed E-state index contributed by atoms with van der Waals surface area (Å²) < 4.78 is 0. The second kappa shape index (κ2) is 8.72. The second-order valence-electron chi connectivity index (χ2n) is 3.62. The molecule has 0 aromatic heterocycles. The Hall–Kier alpha value is -1.57. The molecule has 1 atom stereocenters. The Bertz CT molecular complexity index is 271. The van der Waals surface area contributed by atoms with E-state index in [1.54, 1.807) is 0 Å². The van der Waals surface area contributed by atoms with Gasteiger partial charge in [-0.15, -0.1) is 0 Å². The summed E-state index contributed by atoms with van der Waals surface area (Å²) in [5.41, 5.74) is 0. The average Bonchev–Trinajstić information content (AvgIpc) is 2.26. The molecule has 0 bridgehead atoms. The predicted molar refractivity (Wildman–Crippen MR) is 58.9 cm³/mol. The van der Waals surface area contributed by atoms with Gasteiger partial charge in [0.2, 0.25) is 0 Å². The van der Waals surface area contributed by atoms with Crippen molar-refractivity contribution in [3.8, 4) is 6.07 Å². The molecule has 0 saturated heterocycles. The van der Waals surface area contributed by atoms with Crippen LogP contribution in [-0.2, 0) is 4.79 Å². The molecular formula is C11H18N2O3. The molecule has 0 aromatic carbocycles. The maximum absolute atomic E-state index is 11.0. The molecule has 0 radical (unpaired) electrons. The van der Waals surface area contributed by atoms with Gasteiger partial charge in [-0.2, -0.15) is 5.26 Å². The molecule has 0 aliphatic heterocycles. The lowest BCUT2D eigenvalue weighted by molar-refractivity contribution is -0.118. The molecule has 0 fully saturated rings. The van der Waals surface area contributed by atoms with E-state index in [1.807, 2.05) is 13.0 Å². The smallest absolute Gasteiger partial charge is 0.405 e. The van der Waals surface area contributed by atoms with Crippen molar-refractivity contribution in [1.29, 1.82) is 5.26 Å². The topological polar surface area (TPSA) is 90.2 Å². The first kappa shape index (κ1) is 14.4. The molecule has 0 aliphatic rings. The molecule has 0 saturated carbocycles. The lowest BCUT2D eigenvalue weighted by atomic mass is 10.1. The minimum Gasteiger partial charge on any atom is -0.465 e. The van der Waals surface area contributed by atoms with Gasteiger partial charge in [0.1, 0.15) is 11.8 Å². The molecule has 0 unspecified atom stereocenters. The first-order chi connectivity index (χ1) is 7.60. The normalized spacial score (nSPS) is 11.5. The minimum atomic E-state index is -1.17. The number of nitrogens with one attached hydrogen (secondary N) is 1. The van der Waals surface area contributed by atoms with Crippen LogP contribution < -0.4 is 5.32 Å². The fraction of sp³-hybridized carbons (Fsp3) is 0.727. The fourth-order valence-corrected chi connectivity index (χ4v) is 1.34. The molecule has 0 heterocycles. The Labute approximate surface area is 95.4 Å². The van der Waals surface area contributed by atoms with Crippen LogP contribution in [-0.4, -0.2) is 23.0 Å². The highest BCUT2D eigenvalue weighted by Gasteiger charge is 2.09. The van der Waals surface area contributed by atoms with Gasteiger partial charge in [0, 0.05) is 12.8 Å². The fourth-order valence-electron chi connectivity index (χ4n) is 1.34. The van der Waals surface area contributed by atoms with E-state index in [0.29, 0.717) is 19.3 Å². The molecule has 5 heteroatoms. The van der Waals surface area contributed by atoms with Crippen LogP contribution in [0.2, 0.25) is 0 Å². The number of carbonyl (C=O) groups is 2. The summed E-state index contributed by atoms with van der Waals surface area (Å²) in [6.07, 6.45) is 2.91. The zero-order valence-corrected chi connectivity index (χ0v) is 9.53. The third-order valence-electron chi connectivity index (χ3n) is 2.30. The van der Waals surface area contributed by atoms with Crippen molar-refractivity contribution in [2.45, 2.75) is 51.5 Å². The van der Waals surface area contributed by atoms with Gasteiger partial charge in [-0.05, 0) is 12.8 Å². The van der Waals surface area contributed by atoms with Crippen molar-refractivity contribution in [2.24, 2.45) is 0 Å². The van der Waals surface area contributed by atoms with E-state index in [1.165, 1.54) is 0 Å². The van der Waals surface area contributed by atoms with Crippen molar-refractivity contribution < 1.29 is 14.7 Å². The summed E-state index contributed by atoms with van der Waals surface area (Å²) in [6, 6.07) is 1.25. The van der Waals surface area contributed by atoms with Crippen LogP contribution in [0, 0.1) is 11.3 Å². The number of rotatable bonds is 8. The van der Waals surface area contributed by atoms with E-state index in [0.717, 1.165) is 19.3 Å². The van der Waals surface area contributed by atoms with Crippen LogP contribution in [0.3, 0.4) is 0 Å². The molecule has 2 N–H and O–H groups in total. The van der Waals surface area contributed by atoms with Gasteiger partial charge in [0.25, 0.3) is 0 Å². The maximum atomic E-state index is 11.0. The number of nitriles is 1. The number of carboxylic acid groups (broad SMARTS) is 1. The van der Waals surface area contributed by atoms with Crippen molar-refractivity contribution >= 4 is 11.9 Å². The van der Waals surface area contributed by atoms with Crippen molar-refractivity contribution in [3.05, 3.63) is 0 Å². The monoisotopic (exact) mass is 226 g/mol. The molecule has 5 nitrogen and oxygen atoms in total. The highest BCUT2D eigenvalue weighted by molar-refractivity contribution is 5.77. The molecule has 0 aliphatic carbocycles. The highest BCUT2D eigenvalue weighted by atomic mass is 16.4. The van der Waals surface area contributed by atoms with E-state index in [9.17, 15) is 9.59 Å². The van der Waals surface area contributed by atoms with E-state index in [-0.39, 0.29) is 5.78 Å². The average molecular weight is 226 g/mol. The SMILES string of the molecule is CCC(=O)CCCCC[C@@H](C#N)NC(=O)O. The predicted octanol–water partition coefficient (Wildman–Crippen LogP) is 2.08. The Morgan fingerprint density at radius 3 is 2.56 bits per heavy atom. The van der Waals surface area contributed by atoms with Crippen molar-refractivity contribution in [2.75, 3.05) is 0 Å². The third-order valence-corrected chi connectivity index (χ3v) is 2.30. The Kier molecular flexibility index (Phi) is 7.86. The standard InChI is InChI=1S/C11H18N2O3/c1-2-10(14)7-5-3-4-6-9(8-12)13-11(15)16/h9,13H,2-7H2,1H3,(H,15,16)/t9-/m0/s1. The number of amides is 1. The largest absolute Gasteiger partial charge is 0.465 e. The van der Waals surface area contributed by atoms with Crippen LogP contribution in [0.15, 0.2) is 0 Å². The lowest BCUT2D eigenvalue weighted by Crippen LogP contribution is -2.32. The molecule has 1 amide bonds. The van der Waals surface area contributed by atoms with Crippen LogP contribution in [0.5, 0.6) is 0 Å². The molecule has 16 heavy (non-hydrogen) atoms. The molecule has 90 valence electrons. The van der Waals surface area contributed by atoms with Crippen LogP contribution in [0.1, 0.15) is 45.4 Å². The van der Waals surface area contributed by atoms with Gasteiger partial charge in [-0.1, -0.05) is 19.8 Å². The highest BCUT2D eigenvalue weighted by Crippen LogP contribution is 2.06. The first-order valence-corrected chi connectivity index (χ1v) is 5.51. The van der Waals surface area contributed by atoms with E-state index >= 15 is 0 Å². The molecule has 0 rings (SSSR count). The van der Waals surface area contributed by atoms with E-state index < -0.39 is 12.1 Å². The van der Waals surface area contributed by atoms with E-state index in [2.05, 4.69) is 5.32 Å². The summed E-state index contributed by atoms with van der Waals surface area (Å²) >= 11 is 0. The van der Waals surface area contributed by atoms with Gasteiger partial charge in [0.05, 0.1) is 6.07 Å². The van der Waals surface area contributed by atoms with Gasteiger partial charge >= 0.3 is 6.09 Å². The number of nitrogens with zero attached hydrogens (tertiary/aromatic N) is 1. The number of ketones is 1. The first-order valence-electron chi connectivity index (χ1n) is 5.51. The van der Waals surface area contributed by atoms with E-state index in [4.69, 9.17) is 10.4 Å². The van der Waals surface area contributed by atoms with Gasteiger partial charge < -0.3 is 10.4 Å². The number of hydrogen-bond donors (Lipinski definition) is 2. The molecule has 0 spiro atoms. The third kappa shape index (κ3) is 7.80. The Morgan fingerprint density at radius 2 is 2.06 bits per heavy atom. The van der Waals surface area contributed by atoms with Gasteiger partial charge in [-0.3, -0.25) is 4.79 Å².